The summed E-state index contributed by atoms with van der Waals surface area (Å²) in [6.07, 6.45) is 3.26. The predicted octanol–water partition coefficient (Wildman–Crippen LogP) is 1.42. The highest BCUT2D eigenvalue weighted by Crippen LogP contribution is 2.33. The van der Waals surface area contributed by atoms with Gasteiger partial charge in [0.2, 0.25) is 0 Å². The summed E-state index contributed by atoms with van der Waals surface area (Å²) in [5, 5.41) is 0.820. The molecule has 84 valence electrons. The molecule has 4 nitrogen and oxygen atoms in total. The van der Waals surface area contributed by atoms with Gasteiger partial charge in [-0.15, -0.1) is 0 Å². The second-order valence-electron chi connectivity index (χ2n) is 4.07. The van der Waals surface area contributed by atoms with E-state index in [4.69, 9.17) is 0 Å². The van der Waals surface area contributed by atoms with Gasteiger partial charge in [-0.3, -0.25) is 0 Å². The Balaban J connectivity index is 2.05. The van der Waals surface area contributed by atoms with E-state index in [9.17, 15) is 8.78 Å². The molecule has 0 atom stereocenters. The topological polar surface area (TPSA) is 34.0 Å². The van der Waals surface area contributed by atoms with Crippen LogP contribution >= 0.6 is 0 Å². The summed E-state index contributed by atoms with van der Waals surface area (Å²) in [6, 6.07) is 1.85. The first kappa shape index (κ1) is 9.50. The SMILES string of the molecule is Cn1ccc2c(N3CC(F)(F)C3)ncnc21. The van der Waals surface area contributed by atoms with Crippen molar-refractivity contribution in [3.8, 4) is 0 Å². The third kappa shape index (κ3) is 1.26. The fraction of sp³-hybridized carbons (Fsp3) is 0.400. The van der Waals surface area contributed by atoms with Crippen molar-refractivity contribution in [2.75, 3.05) is 18.0 Å². The van der Waals surface area contributed by atoms with E-state index in [2.05, 4.69) is 9.97 Å². The smallest absolute Gasteiger partial charge is 0.282 e. The van der Waals surface area contributed by atoms with Crippen LogP contribution in [0.4, 0.5) is 14.6 Å². The van der Waals surface area contributed by atoms with Gasteiger partial charge in [-0.2, -0.15) is 0 Å². The van der Waals surface area contributed by atoms with Crippen LogP contribution in [0.5, 0.6) is 0 Å². The van der Waals surface area contributed by atoms with Crippen LogP contribution in [0.1, 0.15) is 0 Å². The molecule has 0 bridgehead atoms. The minimum absolute atomic E-state index is 0.256. The minimum Gasteiger partial charge on any atom is -0.344 e. The molecule has 1 fully saturated rings. The maximum atomic E-state index is 12.8. The number of halogens is 2. The molecule has 1 aliphatic rings. The molecule has 2 aromatic rings. The quantitative estimate of drug-likeness (QED) is 0.734. The molecule has 16 heavy (non-hydrogen) atoms. The van der Waals surface area contributed by atoms with E-state index in [1.807, 2.05) is 23.9 Å². The van der Waals surface area contributed by atoms with Crippen LogP contribution < -0.4 is 4.90 Å². The lowest BCUT2D eigenvalue weighted by Crippen LogP contribution is -2.56. The van der Waals surface area contributed by atoms with Crippen molar-refractivity contribution >= 4 is 16.9 Å². The van der Waals surface area contributed by atoms with Crippen molar-refractivity contribution in [3.63, 3.8) is 0 Å². The summed E-state index contributed by atoms with van der Waals surface area (Å²) in [6.45, 7) is -0.512. The lowest BCUT2D eigenvalue weighted by Gasteiger charge is -2.39. The van der Waals surface area contributed by atoms with Crippen LogP contribution in [-0.2, 0) is 7.05 Å². The molecule has 3 heterocycles. The van der Waals surface area contributed by atoms with Crippen LogP contribution in [0.2, 0.25) is 0 Å². The normalized spacial score (nSPS) is 18.8. The zero-order valence-electron chi connectivity index (χ0n) is 8.69. The average Bonchev–Trinajstić information content (AvgIpc) is 2.57. The first-order chi connectivity index (χ1) is 7.57. The number of aromatic nitrogens is 3. The van der Waals surface area contributed by atoms with Gasteiger partial charge in [0.15, 0.2) is 0 Å². The lowest BCUT2D eigenvalue weighted by molar-refractivity contribution is -0.0265. The summed E-state index contributed by atoms with van der Waals surface area (Å²) in [7, 11) is 1.86. The molecule has 3 rings (SSSR count). The van der Waals surface area contributed by atoms with Crippen molar-refractivity contribution in [1.82, 2.24) is 14.5 Å². The molecule has 0 spiro atoms. The van der Waals surface area contributed by atoms with Crippen molar-refractivity contribution in [1.29, 1.82) is 0 Å². The molecule has 0 radical (unpaired) electrons. The number of hydrogen-bond donors (Lipinski definition) is 0. The van der Waals surface area contributed by atoms with Gasteiger partial charge < -0.3 is 9.47 Å². The number of nitrogens with zero attached hydrogens (tertiary/aromatic N) is 4. The molecule has 0 N–H and O–H groups in total. The molecular weight excluding hydrogens is 214 g/mol. The highest BCUT2D eigenvalue weighted by Gasteiger charge is 2.45. The Morgan fingerprint density at radius 1 is 1.31 bits per heavy atom. The maximum absolute atomic E-state index is 12.8. The van der Waals surface area contributed by atoms with E-state index >= 15 is 0 Å². The predicted molar refractivity (Wildman–Crippen MR) is 55.7 cm³/mol. The van der Waals surface area contributed by atoms with Crippen molar-refractivity contribution in [2.24, 2.45) is 7.05 Å². The van der Waals surface area contributed by atoms with Crippen LogP contribution in [-0.4, -0.2) is 33.5 Å². The maximum Gasteiger partial charge on any atom is 0.282 e. The van der Waals surface area contributed by atoms with Gasteiger partial charge >= 0.3 is 0 Å². The first-order valence-electron chi connectivity index (χ1n) is 4.96. The Bertz CT molecular complexity index is 541. The molecule has 6 heteroatoms. The third-order valence-electron chi connectivity index (χ3n) is 2.78. The van der Waals surface area contributed by atoms with Gasteiger partial charge in [0.25, 0.3) is 5.92 Å². The fourth-order valence-corrected chi connectivity index (χ4v) is 1.98. The second-order valence-corrected chi connectivity index (χ2v) is 4.07. The van der Waals surface area contributed by atoms with Gasteiger partial charge in [-0.05, 0) is 6.07 Å². The number of fused-ring (bicyclic) bond motifs is 1. The fourth-order valence-electron chi connectivity index (χ4n) is 1.98. The monoisotopic (exact) mass is 224 g/mol. The number of rotatable bonds is 1. The van der Waals surface area contributed by atoms with E-state index in [1.54, 1.807) is 4.90 Å². The van der Waals surface area contributed by atoms with E-state index in [0.717, 1.165) is 11.0 Å². The van der Waals surface area contributed by atoms with Crippen molar-refractivity contribution in [2.45, 2.75) is 5.92 Å². The molecule has 0 saturated carbocycles. The van der Waals surface area contributed by atoms with Crippen LogP contribution in [0.25, 0.3) is 11.0 Å². The average molecular weight is 224 g/mol. The van der Waals surface area contributed by atoms with Gasteiger partial charge in [-0.25, -0.2) is 18.7 Å². The molecule has 0 aliphatic carbocycles. The molecular formula is C10H10F2N4. The number of alkyl halides is 2. The molecule has 0 amide bonds. The standard InChI is InChI=1S/C10H10F2N4/c1-15-3-2-7-8(15)13-6-14-9(7)16-4-10(11,12)5-16/h2-3,6H,4-5H2,1H3. The Hall–Kier alpha value is -1.72. The lowest BCUT2D eigenvalue weighted by atomic mass is 10.1. The van der Waals surface area contributed by atoms with Crippen LogP contribution in [0.15, 0.2) is 18.6 Å². The minimum atomic E-state index is -2.58. The molecule has 1 aliphatic heterocycles. The van der Waals surface area contributed by atoms with Gasteiger partial charge in [0.1, 0.15) is 17.8 Å². The Labute approximate surface area is 90.5 Å². The first-order valence-corrected chi connectivity index (χ1v) is 4.96. The van der Waals surface area contributed by atoms with E-state index in [1.165, 1.54) is 6.33 Å². The molecule has 0 unspecified atom stereocenters. The van der Waals surface area contributed by atoms with Crippen LogP contribution in [0.3, 0.4) is 0 Å². The van der Waals surface area contributed by atoms with E-state index < -0.39 is 5.92 Å². The Morgan fingerprint density at radius 3 is 2.75 bits per heavy atom. The van der Waals surface area contributed by atoms with Gasteiger partial charge in [0, 0.05) is 13.2 Å². The summed E-state index contributed by atoms with van der Waals surface area (Å²) in [4.78, 5) is 9.77. The number of aryl methyl sites for hydroxylation is 1. The van der Waals surface area contributed by atoms with Crippen molar-refractivity contribution in [3.05, 3.63) is 18.6 Å². The van der Waals surface area contributed by atoms with Crippen LogP contribution in [0, 0.1) is 0 Å². The zero-order valence-corrected chi connectivity index (χ0v) is 8.69. The Kier molecular flexibility index (Phi) is 1.72. The zero-order chi connectivity index (χ0) is 11.3. The van der Waals surface area contributed by atoms with E-state index in [0.29, 0.717) is 5.82 Å². The highest BCUT2D eigenvalue weighted by atomic mass is 19.3. The molecule has 0 aromatic carbocycles. The molecule has 2 aromatic heterocycles. The second kappa shape index (κ2) is 2.90. The largest absolute Gasteiger partial charge is 0.344 e. The van der Waals surface area contributed by atoms with Crippen molar-refractivity contribution < 1.29 is 8.78 Å². The number of anilines is 1. The summed E-state index contributed by atoms with van der Waals surface area (Å²) in [5.41, 5.74) is 0.764. The van der Waals surface area contributed by atoms with Gasteiger partial charge in [-0.1, -0.05) is 0 Å². The third-order valence-corrected chi connectivity index (χ3v) is 2.78. The van der Waals surface area contributed by atoms with E-state index in [-0.39, 0.29) is 13.1 Å². The highest BCUT2D eigenvalue weighted by molar-refractivity contribution is 5.88. The van der Waals surface area contributed by atoms with Gasteiger partial charge in [0.05, 0.1) is 18.5 Å². The summed E-state index contributed by atoms with van der Waals surface area (Å²) < 4.78 is 27.4. The summed E-state index contributed by atoms with van der Waals surface area (Å²) in [5.74, 6) is -1.98. The molecule has 1 saturated heterocycles. The summed E-state index contributed by atoms with van der Waals surface area (Å²) >= 11 is 0. The number of hydrogen-bond acceptors (Lipinski definition) is 3. The Morgan fingerprint density at radius 2 is 2.06 bits per heavy atom.